The number of hydrogen-bond acceptors (Lipinski definition) is 4. The van der Waals surface area contributed by atoms with Gasteiger partial charge in [-0.15, -0.1) is 0 Å². The van der Waals surface area contributed by atoms with Crippen LogP contribution in [-0.4, -0.2) is 37.0 Å². The van der Waals surface area contributed by atoms with Crippen molar-refractivity contribution in [3.05, 3.63) is 35.4 Å². The Bertz CT molecular complexity index is 572. The second-order valence-electron chi connectivity index (χ2n) is 3.63. The third-order valence-corrected chi connectivity index (χ3v) is 2.27. The first-order chi connectivity index (χ1) is 8.58. The first kappa shape index (κ1) is 11.8. The SMILES string of the molecule is Cn1cc(C(=O)O)c(C(=O)NCc2ccn[nH]2)n1. The Kier molecular flexibility index (Phi) is 3.09. The Hall–Kier alpha value is -2.64. The zero-order chi connectivity index (χ0) is 13.1. The maximum Gasteiger partial charge on any atom is 0.339 e. The van der Waals surface area contributed by atoms with Crippen molar-refractivity contribution >= 4 is 11.9 Å². The number of amides is 1. The summed E-state index contributed by atoms with van der Waals surface area (Å²) in [6.45, 7) is 0.231. The molecule has 0 atom stereocenters. The average Bonchev–Trinajstić information content (AvgIpc) is 2.94. The van der Waals surface area contributed by atoms with Crippen molar-refractivity contribution in [2.24, 2.45) is 7.05 Å². The fraction of sp³-hybridized carbons (Fsp3) is 0.200. The van der Waals surface area contributed by atoms with Crippen LogP contribution in [0.2, 0.25) is 0 Å². The number of rotatable bonds is 4. The van der Waals surface area contributed by atoms with Crippen LogP contribution in [0.15, 0.2) is 18.5 Å². The third-order valence-electron chi connectivity index (χ3n) is 2.27. The number of nitrogens with zero attached hydrogens (tertiary/aromatic N) is 3. The predicted octanol–water partition coefficient (Wildman–Crippen LogP) is -0.229. The Morgan fingerprint density at radius 2 is 2.33 bits per heavy atom. The van der Waals surface area contributed by atoms with Gasteiger partial charge in [0.15, 0.2) is 5.69 Å². The van der Waals surface area contributed by atoms with Crippen LogP contribution in [0.25, 0.3) is 0 Å². The number of carbonyl (C=O) groups is 2. The molecule has 2 rings (SSSR count). The molecule has 2 aromatic rings. The van der Waals surface area contributed by atoms with Crippen molar-refractivity contribution in [3.8, 4) is 0 Å². The number of nitrogens with one attached hydrogen (secondary N) is 2. The molecule has 2 heterocycles. The summed E-state index contributed by atoms with van der Waals surface area (Å²) in [5, 5.41) is 21.7. The van der Waals surface area contributed by atoms with Gasteiger partial charge < -0.3 is 10.4 Å². The molecule has 0 bridgehead atoms. The first-order valence-electron chi connectivity index (χ1n) is 5.11. The normalized spacial score (nSPS) is 10.3. The maximum absolute atomic E-state index is 11.8. The van der Waals surface area contributed by atoms with E-state index in [0.717, 1.165) is 5.69 Å². The number of aryl methyl sites for hydroxylation is 1. The Morgan fingerprint density at radius 3 is 2.94 bits per heavy atom. The van der Waals surface area contributed by atoms with Crippen LogP contribution in [0.5, 0.6) is 0 Å². The van der Waals surface area contributed by atoms with Crippen LogP contribution >= 0.6 is 0 Å². The van der Waals surface area contributed by atoms with E-state index in [2.05, 4.69) is 20.6 Å². The monoisotopic (exact) mass is 249 g/mol. The zero-order valence-electron chi connectivity index (χ0n) is 9.54. The van der Waals surface area contributed by atoms with Crippen LogP contribution in [0.3, 0.4) is 0 Å². The lowest BCUT2D eigenvalue weighted by molar-refractivity contribution is 0.0691. The van der Waals surface area contributed by atoms with Gasteiger partial charge in [0.25, 0.3) is 5.91 Å². The summed E-state index contributed by atoms with van der Waals surface area (Å²) < 4.78 is 1.29. The van der Waals surface area contributed by atoms with Gasteiger partial charge in [0, 0.05) is 19.4 Å². The number of H-pyrrole nitrogens is 1. The number of aromatic amines is 1. The largest absolute Gasteiger partial charge is 0.478 e. The van der Waals surface area contributed by atoms with Gasteiger partial charge in [-0.25, -0.2) is 4.79 Å². The third kappa shape index (κ3) is 2.37. The van der Waals surface area contributed by atoms with Gasteiger partial charge >= 0.3 is 5.97 Å². The summed E-state index contributed by atoms with van der Waals surface area (Å²) >= 11 is 0. The molecule has 8 heteroatoms. The molecule has 8 nitrogen and oxygen atoms in total. The summed E-state index contributed by atoms with van der Waals surface area (Å²) in [6.07, 6.45) is 2.85. The highest BCUT2D eigenvalue weighted by Crippen LogP contribution is 2.06. The molecule has 0 unspecified atom stereocenters. The van der Waals surface area contributed by atoms with Crippen LogP contribution in [-0.2, 0) is 13.6 Å². The Labute approximate surface area is 102 Å². The fourth-order valence-electron chi connectivity index (χ4n) is 1.46. The molecule has 1 amide bonds. The molecule has 0 saturated heterocycles. The molecule has 0 radical (unpaired) electrons. The number of carboxylic acid groups (broad SMARTS) is 1. The summed E-state index contributed by atoms with van der Waals surface area (Å²) in [6, 6.07) is 1.71. The zero-order valence-corrected chi connectivity index (χ0v) is 9.54. The highest BCUT2D eigenvalue weighted by molar-refractivity contribution is 6.03. The molecule has 94 valence electrons. The van der Waals surface area contributed by atoms with Crippen LogP contribution in [0.4, 0.5) is 0 Å². The molecule has 0 aromatic carbocycles. The standard InChI is InChI=1S/C10H11N5O3/c1-15-5-7(10(17)18)8(14-15)9(16)11-4-6-2-3-12-13-6/h2-3,5H,4H2,1H3,(H,11,16)(H,12,13)(H,17,18). The van der Waals surface area contributed by atoms with Gasteiger partial charge in [-0.1, -0.05) is 0 Å². The molecular weight excluding hydrogens is 238 g/mol. The van der Waals surface area contributed by atoms with Gasteiger partial charge in [-0.05, 0) is 6.07 Å². The molecule has 18 heavy (non-hydrogen) atoms. The summed E-state index contributed by atoms with van der Waals surface area (Å²) in [4.78, 5) is 22.7. The lowest BCUT2D eigenvalue weighted by Crippen LogP contribution is -2.25. The van der Waals surface area contributed by atoms with Crippen molar-refractivity contribution in [2.45, 2.75) is 6.54 Å². The lowest BCUT2D eigenvalue weighted by atomic mass is 10.2. The van der Waals surface area contributed by atoms with Gasteiger partial charge in [0.2, 0.25) is 0 Å². The Balaban J connectivity index is 2.11. The molecule has 0 fully saturated rings. The fourth-order valence-corrected chi connectivity index (χ4v) is 1.46. The van der Waals surface area contributed by atoms with E-state index in [0.29, 0.717) is 0 Å². The second kappa shape index (κ2) is 4.70. The highest BCUT2D eigenvalue weighted by Gasteiger charge is 2.20. The van der Waals surface area contributed by atoms with Crippen molar-refractivity contribution < 1.29 is 14.7 Å². The van der Waals surface area contributed by atoms with Crippen LogP contribution in [0.1, 0.15) is 26.5 Å². The van der Waals surface area contributed by atoms with E-state index in [4.69, 9.17) is 5.11 Å². The molecular formula is C10H11N5O3. The minimum atomic E-state index is -1.19. The van der Waals surface area contributed by atoms with Crippen LogP contribution < -0.4 is 5.32 Å². The topological polar surface area (TPSA) is 113 Å². The van der Waals surface area contributed by atoms with E-state index in [1.807, 2.05) is 0 Å². The van der Waals surface area contributed by atoms with Crippen molar-refractivity contribution in [3.63, 3.8) is 0 Å². The number of carbonyl (C=O) groups excluding carboxylic acids is 1. The van der Waals surface area contributed by atoms with Gasteiger partial charge in [-0.2, -0.15) is 10.2 Å². The van der Waals surface area contributed by atoms with E-state index in [1.165, 1.54) is 10.9 Å². The van der Waals surface area contributed by atoms with E-state index < -0.39 is 11.9 Å². The summed E-state index contributed by atoms with van der Waals surface area (Å²) in [7, 11) is 1.55. The number of aromatic nitrogens is 4. The summed E-state index contributed by atoms with van der Waals surface area (Å²) in [5.74, 6) is -1.72. The molecule has 0 aliphatic rings. The number of carboxylic acids is 1. The number of hydrogen-bond donors (Lipinski definition) is 3. The molecule has 0 aliphatic carbocycles. The smallest absolute Gasteiger partial charge is 0.339 e. The van der Waals surface area contributed by atoms with E-state index in [9.17, 15) is 9.59 Å². The minimum Gasteiger partial charge on any atom is -0.478 e. The van der Waals surface area contributed by atoms with Gasteiger partial charge in [-0.3, -0.25) is 14.6 Å². The first-order valence-corrected chi connectivity index (χ1v) is 5.11. The summed E-state index contributed by atoms with van der Waals surface area (Å²) in [5.41, 5.74) is 0.486. The lowest BCUT2D eigenvalue weighted by Gasteiger charge is -2.01. The van der Waals surface area contributed by atoms with Gasteiger partial charge in [0.05, 0.1) is 12.2 Å². The molecule has 2 aromatic heterocycles. The predicted molar refractivity (Wildman–Crippen MR) is 59.9 cm³/mol. The molecule has 0 spiro atoms. The van der Waals surface area contributed by atoms with Gasteiger partial charge in [0.1, 0.15) is 5.56 Å². The number of aromatic carboxylic acids is 1. The van der Waals surface area contributed by atoms with Crippen molar-refractivity contribution in [1.82, 2.24) is 25.3 Å². The molecule has 0 saturated carbocycles. The maximum atomic E-state index is 11.8. The minimum absolute atomic E-state index is 0.107. The second-order valence-corrected chi connectivity index (χ2v) is 3.63. The van der Waals surface area contributed by atoms with E-state index in [1.54, 1.807) is 19.3 Å². The van der Waals surface area contributed by atoms with Crippen molar-refractivity contribution in [1.29, 1.82) is 0 Å². The highest BCUT2D eigenvalue weighted by atomic mass is 16.4. The van der Waals surface area contributed by atoms with E-state index >= 15 is 0 Å². The van der Waals surface area contributed by atoms with Crippen molar-refractivity contribution in [2.75, 3.05) is 0 Å². The quantitative estimate of drug-likeness (QED) is 0.692. The van der Waals surface area contributed by atoms with Crippen LogP contribution in [0, 0.1) is 0 Å². The average molecular weight is 249 g/mol. The Morgan fingerprint density at radius 1 is 1.56 bits per heavy atom. The molecule has 3 N–H and O–H groups in total. The van der Waals surface area contributed by atoms with E-state index in [-0.39, 0.29) is 17.8 Å². The molecule has 0 aliphatic heterocycles.